The molecule has 2 amide bonds. The van der Waals surface area contributed by atoms with E-state index in [2.05, 4.69) is 22.1 Å². The van der Waals surface area contributed by atoms with Crippen molar-refractivity contribution in [3.05, 3.63) is 23.5 Å². The zero-order valence-electron chi connectivity index (χ0n) is 19.3. The Morgan fingerprint density at radius 1 is 1.36 bits per heavy atom. The van der Waals surface area contributed by atoms with Crippen LogP contribution in [0.1, 0.15) is 59.2 Å². The third-order valence-corrected chi connectivity index (χ3v) is 6.83. The van der Waals surface area contributed by atoms with Gasteiger partial charge in [-0.05, 0) is 19.4 Å². The number of aromatic nitrogens is 1. The lowest BCUT2D eigenvalue weighted by atomic mass is 9.91. The van der Waals surface area contributed by atoms with Gasteiger partial charge in [-0.3, -0.25) is 19.5 Å². The molecule has 4 rings (SSSR count). The van der Waals surface area contributed by atoms with Gasteiger partial charge in [-0.1, -0.05) is 21.3 Å². The maximum absolute atomic E-state index is 13.9. The monoisotopic (exact) mass is 465 g/mol. The second-order valence-corrected chi connectivity index (χ2v) is 10.2. The van der Waals surface area contributed by atoms with Crippen molar-refractivity contribution in [1.29, 1.82) is 0 Å². The fourth-order valence-electron chi connectivity index (χ4n) is 5.01. The van der Waals surface area contributed by atoms with Crippen LogP contribution in [-0.4, -0.2) is 78.0 Å². The van der Waals surface area contributed by atoms with Crippen molar-refractivity contribution in [2.75, 3.05) is 44.2 Å². The van der Waals surface area contributed by atoms with E-state index in [9.17, 15) is 18.4 Å². The van der Waals surface area contributed by atoms with Crippen LogP contribution in [0.15, 0.2) is 12.3 Å². The van der Waals surface area contributed by atoms with E-state index < -0.39 is 11.3 Å². The smallest absolute Gasteiger partial charge is 0.272 e. The second-order valence-electron chi connectivity index (χ2n) is 10.2. The lowest BCUT2D eigenvalue weighted by Crippen LogP contribution is -2.60. The Bertz CT molecular complexity index is 901. The molecule has 3 aliphatic rings. The van der Waals surface area contributed by atoms with Crippen molar-refractivity contribution in [3.8, 4) is 0 Å². The number of fused-ring (bicyclic) bond motifs is 1. The van der Waals surface area contributed by atoms with Gasteiger partial charge in [-0.25, -0.2) is 8.78 Å². The molecule has 2 fully saturated rings. The number of likely N-dealkylation sites (tertiary alicyclic amines) is 1. The molecule has 0 aliphatic carbocycles. The lowest BCUT2D eigenvalue weighted by molar-refractivity contribution is -0.128. The number of halogens is 2. The minimum absolute atomic E-state index is 0. The predicted octanol–water partition coefficient (Wildman–Crippen LogP) is 2.74. The first-order valence-electron chi connectivity index (χ1n) is 11.4. The second kappa shape index (κ2) is 9.25. The van der Waals surface area contributed by atoms with Gasteiger partial charge in [0.2, 0.25) is 11.8 Å². The molecule has 0 spiro atoms. The van der Waals surface area contributed by atoms with Gasteiger partial charge >= 0.3 is 0 Å². The number of carbonyl (C=O) groups excluding carboxylic acids is 2. The quantitative estimate of drug-likeness (QED) is 0.724. The molecule has 1 N–H and O–H groups in total. The summed E-state index contributed by atoms with van der Waals surface area (Å²) in [4.78, 5) is 35.5. The van der Waals surface area contributed by atoms with E-state index in [0.29, 0.717) is 44.0 Å². The molecule has 33 heavy (non-hydrogen) atoms. The molecular formula is C24H37F2N5O2. The van der Waals surface area contributed by atoms with Gasteiger partial charge in [0.05, 0.1) is 17.9 Å². The number of alkyl halides is 2. The Labute approximate surface area is 195 Å². The highest BCUT2D eigenvalue weighted by atomic mass is 19.3. The van der Waals surface area contributed by atoms with Gasteiger partial charge in [-0.2, -0.15) is 0 Å². The highest BCUT2D eigenvalue weighted by Gasteiger charge is 2.42. The molecule has 0 aromatic carbocycles. The number of anilines is 1. The van der Waals surface area contributed by atoms with Gasteiger partial charge in [0, 0.05) is 75.3 Å². The number of piperazine rings is 1. The Kier molecular flexibility index (Phi) is 7.15. The fourth-order valence-corrected chi connectivity index (χ4v) is 5.01. The van der Waals surface area contributed by atoms with Crippen molar-refractivity contribution in [3.63, 3.8) is 0 Å². The SMILES string of the molecule is C.C[C@@H]1CN(CC(=O)N2CC(C)(C)c3ncc(C(C)(F)F)cc32)[C@@H](CN2CCCC2=O)CN1. The molecule has 2 atom stereocenters. The first-order valence-corrected chi connectivity index (χ1v) is 11.4. The molecular weight excluding hydrogens is 428 g/mol. The van der Waals surface area contributed by atoms with Crippen LogP contribution in [0, 0.1) is 0 Å². The first kappa shape index (κ1) is 25.5. The van der Waals surface area contributed by atoms with Crippen LogP contribution in [0.5, 0.6) is 0 Å². The van der Waals surface area contributed by atoms with E-state index in [0.717, 1.165) is 19.9 Å². The van der Waals surface area contributed by atoms with Gasteiger partial charge in [-0.15, -0.1) is 0 Å². The summed E-state index contributed by atoms with van der Waals surface area (Å²) in [5.74, 6) is -2.98. The van der Waals surface area contributed by atoms with E-state index in [1.165, 1.54) is 12.3 Å². The summed E-state index contributed by atoms with van der Waals surface area (Å²) >= 11 is 0. The normalized spacial score (nSPS) is 25.2. The Morgan fingerprint density at radius 2 is 2.09 bits per heavy atom. The molecule has 1 aromatic rings. The Morgan fingerprint density at radius 3 is 2.73 bits per heavy atom. The maximum atomic E-state index is 13.9. The van der Waals surface area contributed by atoms with Crippen molar-refractivity contribution >= 4 is 17.5 Å². The van der Waals surface area contributed by atoms with Crippen LogP contribution < -0.4 is 10.2 Å². The van der Waals surface area contributed by atoms with Crippen LogP contribution >= 0.6 is 0 Å². The van der Waals surface area contributed by atoms with E-state index >= 15 is 0 Å². The van der Waals surface area contributed by atoms with Crippen molar-refractivity contribution in [2.24, 2.45) is 0 Å². The molecule has 4 heterocycles. The summed E-state index contributed by atoms with van der Waals surface area (Å²) in [6, 6.07) is 1.68. The topological polar surface area (TPSA) is 68.8 Å². The minimum atomic E-state index is -3.02. The molecule has 0 radical (unpaired) electrons. The van der Waals surface area contributed by atoms with Crippen molar-refractivity contribution in [1.82, 2.24) is 20.1 Å². The highest BCUT2D eigenvalue weighted by Crippen LogP contribution is 2.41. The van der Waals surface area contributed by atoms with Crippen LogP contribution in [0.3, 0.4) is 0 Å². The summed E-state index contributed by atoms with van der Waals surface area (Å²) in [6.07, 6.45) is 2.69. The number of nitrogens with one attached hydrogen (secondary N) is 1. The first-order chi connectivity index (χ1) is 15.0. The van der Waals surface area contributed by atoms with Gasteiger partial charge in [0.1, 0.15) is 0 Å². The average molecular weight is 466 g/mol. The molecule has 184 valence electrons. The largest absolute Gasteiger partial charge is 0.341 e. The van der Waals surface area contributed by atoms with Crippen molar-refractivity contribution in [2.45, 2.75) is 71.4 Å². The summed E-state index contributed by atoms with van der Waals surface area (Å²) in [5.41, 5.74) is 0.554. The Hall–Kier alpha value is -2.13. The number of hydrogen-bond donors (Lipinski definition) is 1. The summed E-state index contributed by atoms with van der Waals surface area (Å²) in [7, 11) is 0. The Balaban J connectivity index is 0.00000306. The van der Waals surface area contributed by atoms with E-state index in [1.807, 2.05) is 18.7 Å². The van der Waals surface area contributed by atoms with E-state index in [4.69, 9.17) is 0 Å². The van der Waals surface area contributed by atoms with Crippen molar-refractivity contribution < 1.29 is 18.4 Å². The van der Waals surface area contributed by atoms with E-state index in [-0.39, 0.29) is 43.4 Å². The number of hydrogen-bond acceptors (Lipinski definition) is 5. The molecule has 3 aliphatic heterocycles. The summed E-state index contributed by atoms with van der Waals surface area (Å²) in [5, 5.41) is 3.45. The fraction of sp³-hybridized carbons (Fsp3) is 0.708. The average Bonchev–Trinajstić information content (AvgIpc) is 3.23. The number of pyridine rings is 1. The number of rotatable bonds is 5. The van der Waals surface area contributed by atoms with Gasteiger partial charge in [0.25, 0.3) is 5.92 Å². The van der Waals surface area contributed by atoms with E-state index in [1.54, 1.807) is 4.90 Å². The third kappa shape index (κ3) is 5.19. The highest BCUT2D eigenvalue weighted by molar-refractivity contribution is 5.97. The standard InChI is InChI=1S/C23H33F2N5O2.CH4/c1-15-11-29(17(10-26-15)12-28-7-5-6-19(28)31)13-20(32)30-14-22(2,3)21-18(30)8-16(9-27-21)23(4,24)25;/h8-9,15,17,26H,5-7,10-14H2,1-4H3;1H4/t15-,17-;/m1./s1. The van der Waals surface area contributed by atoms with Crippen LogP contribution in [0.25, 0.3) is 0 Å². The predicted molar refractivity (Wildman–Crippen MR) is 125 cm³/mol. The number of nitrogens with zero attached hydrogens (tertiary/aromatic N) is 4. The zero-order chi connectivity index (χ0) is 23.3. The van der Waals surface area contributed by atoms with Gasteiger partial charge < -0.3 is 15.1 Å². The molecule has 9 heteroatoms. The summed E-state index contributed by atoms with van der Waals surface area (Å²) < 4.78 is 27.9. The lowest BCUT2D eigenvalue weighted by Gasteiger charge is -2.41. The van der Waals surface area contributed by atoms with Crippen LogP contribution in [0.2, 0.25) is 0 Å². The van der Waals surface area contributed by atoms with Gasteiger partial charge in [0.15, 0.2) is 0 Å². The molecule has 0 unspecified atom stereocenters. The molecule has 0 saturated carbocycles. The third-order valence-electron chi connectivity index (χ3n) is 6.83. The van der Waals surface area contributed by atoms with Crippen LogP contribution in [-0.2, 0) is 20.9 Å². The molecule has 1 aromatic heterocycles. The van der Waals surface area contributed by atoms with Crippen LogP contribution in [0.4, 0.5) is 14.5 Å². The summed E-state index contributed by atoms with van der Waals surface area (Å²) in [6.45, 7) is 10.2. The molecule has 7 nitrogen and oxygen atoms in total. The number of carbonyl (C=O) groups is 2. The zero-order valence-corrected chi connectivity index (χ0v) is 19.3. The molecule has 2 saturated heterocycles. The molecule has 0 bridgehead atoms. The number of amides is 2. The maximum Gasteiger partial charge on any atom is 0.272 e. The minimum Gasteiger partial charge on any atom is -0.341 e.